The number of benzene rings is 1. The van der Waals surface area contributed by atoms with Gasteiger partial charge in [0.15, 0.2) is 0 Å². The van der Waals surface area contributed by atoms with E-state index in [0.717, 1.165) is 0 Å². The third-order valence-electron chi connectivity index (χ3n) is 2.44. The van der Waals surface area contributed by atoms with E-state index in [1.165, 1.54) is 12.1 Å². The summed E-state index contributed by atoms with van der Waals surface area (Å²) in [5, 5.41) is 23.3. The van der Waals surface area contributed by atoms with Gasteiger partial charge in [-0.3, -0.25) is 4.79 Å². The van der Waals surface area contributed by atoms with Crippen LogP contribution in [-0.4, -0.2) is 22.5 Å². The molecule has 2 aromatic rings. The number of phenolic OH excluding ortho intramolecular Hbond substituents is 1. The average Bonchev–Trinajstić information content (AvgIpc) is 2.48. The van der Waals surface area contributed by atoms with E-state index in [2.05, 4.69) is 15.6 Å². The minimum absolute atomic E-state index is 0.0305. The molecule has 0 spiro atoms. The summed E-state index contributed by atoms with van der Waals surface area (Å²) in [4.78, 5) is 15.7. The van der Waals surface area contributed by atoms with E-state index in [-0.39, 0.29) is 23.9 Å². The van der Waals surface area contributed by atoms with Crippen LogP contribution in [0, 0.1) is 11.3 Å². The van der Waals surface area contributed by atoms with Crippen LogP contribution < -0.4 is 10.6 Å². The van der Waals surface area contributed by atoms with Gasteiger partial charge in [0.2, 0.25) is 5.91 Å². The molecule has 0 unspecified atom stereocenters. The van der Waals surface area contributed by atoms with E-state index in [1.54, 1.807) is 30.3 Å². The van der Waals surface area contributed by atoms with Crippen molar-refractivity contribution in [2.24, 2.45) is 0 Å². The number of nitrogens with one attached hydrogen (secondary N) is 2. The molecule has 0 aliphatic heterocycles. The van der Waals surface area contributed by atoms with Gasteiger partial charge in [0.1, 0.15) is 23.3 Å². The number of nitriles is 1. The third kappa shape index (κ3) is 3.71. The number of nitrogens with zero attached hydrogens (tertiary/aromatic N) is 2. The van der Waals surface area contributed by atoms with Crippen molar-refractivity contribution in [1.29, 1.82) is 5.26 Å². The second-order valence-electron chi connectivity index (χ2n) is 3.97. The van der Waals surface area contributed by atoms with Gasteiger partial charge in [0, 0.05) is 5.69 Å². The normalized spacial score (nSPS) is 9.55. The van der Waals surface area contributed by atoms with Crippen molar-refractivity contribution in [2.45, 2.75) is 0 Å². The first-order valence-electron chi connectivity index (χ1n) is 5.87. The zero-order valence-electron chi connectivity index (χ0n) is 10.5. The molecule has 0 saturated carbocycles. The van der Waals surface area contributed by atoms with Gasteiger partial charge in [-0.2, -0.15) is 5.26 Å². The fourth-order valence-electron chi connectivity index (χ4n) is 1.52. The maximum absolute atomic E-state index is 11.7. The second-order valence-corrected chi connectivity index (χ2v) is 3.97. The zero-order chi connectivity index (χ0) is 14.4. The number of hydrogen-bond acceptors (Lipinski definition) is 5. The Balaban J connectivity index is 1.89. The van der Waals surface area contributed by atoms with Gasteiger partial charge < -0.3 is 15.7 Å². The number of aromatic hydroxyl groups is 1. The average molecular weight is 268 g/mol. The van der Waals surface area contributed by atoms with Crippen LogP contribution in [0.15, 0.2) is 42.5 Å². The van der Waals surface area contributed by atoms with Crippen LogP contribution in [0.25, 0.3) is 0 Å². The lowest BCUT2D eigenvalue weighted by molar-refractivity contribution is -0.114. The SMILES string of the molecule is N#Cc1cccc(NCC(=O)Nc2ccc(O)cc2)n1. The molecular weight excluding hydrogens is 256 g/mol. The molecule has 100 valence electrons. The largest absolute Gasteiger partial charge is 0.508 e. The second kappa shape index (κ2) is 6.20. The maximum Gasteiger partial charge on any atom is 0.243 e. The number of rotatable bonds is 4. The van der Waals surface area contributed by atoms with Crippen LogP contribution in [0.2, 0.25) is 0 Å². The number of phenols is 1. The highest BCUT2D eigenvalue weighted by molar-refractivity contribution is 5.93. The van der Waals surface area contributed by atoms with Gasteiger partial charge in [-0.25, -0.2) is 4.98 Å². The summed E-state index contributed by atoms with van der Waals surface area (Å²) in [5.41, 5.74) is 0.877. The van der Waals surface area contributed by atoms with Crippen LogP contribution in [0.4, 0.5) is 11.5 Å². The smallest absolute Gasteiger partial charge is 0.243 e. The molecular formula is C14H12N4O2. The predicted molar refractivity (Wildman–Crippen MR) is 74.2 cm³/mol. The molecule has 1 heterocycles. The summed E-state index contributed by atoms with van der Waals surface area (Å²) >= 11 is 0. The Hall–Kier alpha value is -3.07. The standard InChI is InChI=1S/C14H12N4O2/c15-8-11-2-1-3-13(17-11)16-9-14(20)18-10-4-6-12(19)7-5-10/h1-7,19H,9H2,(H,16,17)(H,18,20). The van der Waals surface area contributed by atoms with Gasteiger partial charge >= 0.3 is 0 Å². The van der Waals surface area contributed by atoms with Gasteiger partial charge in [0.05, 0.1) is 6.54 Å². The Morgan fingerprint density at radius 2 is 2.00 bits per heavy atom. The van der Waals surface area contributed by atoms with E-state index >= 15 is 0 Å². The lowest BCUT2D eigenvalue weighted by Crippen LogP contribution is -2.22. The number of hydrogen-bond donors (Lipinski definition) is 3. The Labute approximate surface area is 115 Å². The molecule has 0 fully saturated rings. The quantitative estimate of drug-likeness (QED) is 0.733. The van der Waals surface area contributed by atoms with Crippen LogP contribution in [0.5, 0.6) is 5.75 Å². The Morgan fingerprint density at radius 1 is 1.25 bits per heavy atom. The summed E-state index contributed by atoms with van der Waals surface area (Å²) in [7, 11) is 0. The Morgan fingerprint density at radius 3 is 2.70 bits per heavy atom. The van der Waals surface area contributed by atoms with E-state index < -0.39 is 0 Å². The van der Waals surface area contributed by atoms with E-state index in [0.29, 0.717) is 11.5 Å². The lowest BCUT2D eigenvalue weighted by atomic mass is 10.3. The fourth-order valence-corrected chi connectivity index (χ4v) is 1.52. The van der Waals surface area contributed by atoms with E-state index in [9.17, 15) is 4.79 Å². The van der Waals surface area contributed by atoms with Crippen molar-refractivity contribution in [1.82, 2.24) is 4.98 Å². The highest BCUT2D eigenvalue weighted by Gasteiger charge is 2.03. The highest BCUT2D eigenvalue weighted by Crippen LogP contribution is 2.13. The minimum atomic E-state index is -0.250. The van der Waals surface area contributed by atoms with Crippen LogP contribution in [-0.2, 0) is 4.79 Å². The van der Waals surface area contributed by atoms with Crippen molar-refractivity contribution in [2.75, 3.05) is 17.2 Å². The zero-order valence-corrected chi connectivity index (χ0v) is 10.5. The summed E-state index contributed by atoms with van der Waals surface area (Å²) in [5.74, 6) is 0.350. The Kier molecular flexibility index (Phi) is 4.14. The molecule has 1 aromatic carbocycles. The van der Waals surface area contributed by atoms with Crippen molar-refractivity contribution in [3.05, 3.63) is 48.2 Å². The molecule has 0 radical (unpaired) electrons. The predicted octanol–water partition coefficient (Wildman–Crippen LogP) is 1.71. The molecule has 6 nitrogen and oxygen atoms in total. The topological polar surface area (TPSA) is 98.0 Å². The molecule has 6 heteroatoms. The van der Waals surface area contributed by atoms with Crippen LogP contribution in [0.3, 0.4) is 0 Å². The summed E-state index contributed by atoms with van der Waals surface area (Å²) in [6, 6.07) is 13.0. The van der Waals surface area contributed by atoms with Gasteiger partial charge in [-0.1, -0.05) is 6.07 Å². The molecule has 0 aliphatic rings. The van der Waals surface area contributed by atoms with Crippen molar-refractivity contribution < 1.29 is 9.90 Å². The molecule has 0 aliphatic carbocycles. The van der Waals surface area contributed by atoms with Gasteiger partial charge in [0.25, 0.3) is 0 Å². The summed E-state index contributed by atoms with van der Waals surface area (Å²) < 4.78 is 0. The molecule has 3 N–H and O–H groups in total. The lowest BCUT2D eigenvalue weighted by Gasteiger charge is -2.07. The molecule has 1 amide bonds. The molecule has 0 saturated heterocycles. The number of carbonyl (C=O) groups excluding carboxylic acids is 1. The third-order valence-corrected chi connectivity index (χ3v) is 2.44. The van der Waals surface area contributed by atoms with Gasteiger partial charge in [-0.05, 0) is 36.4 Å². The minimum Gasteiger partial charge on any atom is -0.508 e. The summed E-state index contributed by atoms with van der Waals surface area (Å²) in [6.45, 7) is 0.0305. The molecule has 0 atom stereocenters. The van der Waals surface area contributed by atoms with Crippen molar-refractivity contribution >= 4 is 17.4 Å². The number of pyridine rings is 1. The number of amides is 1. The monoisotopic (exact) mass is 268 g/mol. The molecule has 2 rings (SSSR count). The van der Waals surface area contributed by atoms with Crippen LogP contribution in [0.1, 0.15) is 5.69 Å². The van der Waals surface area contributed by atoms with E-state index in [4.69, 9.17) is 10.4 Å². The fraction of sp³-hybridized carbons (Fsp3) is 0.0714. The number of aromatic nitrogens is 1. The van der Waals surface area contributed by atoms with Gasteiger partial charge in [-0.15, -0.1) is 0 Å². The van der Waals surface area contributed by atoms with Crippen molar-refractivity contribution in [3.8, 4) is 11.8 Å². The summed E-state index contributed by atoms with van der Waals surface area (Å²) in [6.07, 6.45) is 0. The highest BCUT2D eigenvalue weighted by atomic mass is 16.3. The number of carbonyl (C=O) groups is 1. The number of anilines is 2. The molecule has 1 aromatic heterocycles. The molecule has 0 bridgehead atoms. The Bertz CT molecular complexity index is 647. The first-order chi connectivity index (χ1) is 9.67. The first kappa shape index (κ1) is 13.4. The first-order valence-corrected chi connectivity index (χ1v) is 5.87. The van der Waals surface area contributed by atoms with Crippen LogP contribution >= 0.6 is 0 Å². The maximum atomic E-state index is 11.7. The molecule has 20 heavy (non-hydrogen) atoms. The van der Waals surface area contributed by atoms with E-state index in [1.807, 2.05) is 6.07 Å². The van der Waals surface area contributed by atoms with Crippen molar-refractivity contribution in [3.63, 3.8) is 0 Å².